The maximum Gasteiger partial charge on any atom is 1.00 e. The molecule has 0 aromatic heterocycles. The van der Waals surface area contributed by atoms with Crippen molar-refractivity contribution in [3.8, 4) is 0 Å². The zero-order chi connectivity index (χ0) is 4.12. The molecule has 0 aliphatic carbocycles. The summed E-state index contributed by atoms with van der Waals surface area (Å²) in [4.78, 5) is 0. The normalized spacial score (nSPS) is 6.00. The van der Waals surface area contributed by atoms with Crippen LogP contribution < -0.4 is 18.9 Å². The van der Waals surface area contributed by atoms with Crippen molar-refractivity contribution >= 4 is 0 Å². The minimum Gasteiger partial charge on any atom is -0.382 e. The first-order valence-electron chi connectivity index (χ1n) is 1.99. The van der Waals surface area contributed by atoms with E-state index < -0.39 is 0 Å². The average Bonchev–Trinajstić information content (AvgIpc) is 1.41. The topological polar surface area (TPSA) is 9.23 Å². The monoisotopic (exact) mass is 144 g/mol. The summed E-state index contributed by atoms with van der Waals surface area (Å²) in [7, 11) is 0. The second kappa shape index (κ2) is 15.7. The standard InChI is InChI=1S/C4H10O.Cu.Li/c1-3-5-4-2;;/h3-4H2,1-2H3;;/q;2*+1. The van der Waals surface area contributed by atoms with Crippen LogP contribution >= 0.6 is 0 Å². The smallest absolute Gasteiger partial charge is 0.382 e. The van der Waals surface area contributed by atoms with E-state index in [4.69, 9.17) is 4.74 Å². The Morgan fingerprint density at radius 1 is 1.14 bits per heavy atom. The summed E-state index contributed by atoms with van der Waals surface area (Å²) in [6.45, 7) is 5.67. The predicted octanol–water partition coefficient (Wildman–Crippen LogP) is -1.96. The van der Waals surface area contributed by atoms with Crippen molar-refractivity contribution in [1.29, 1.82) is 0 Å². The van der Waals surface area contributed by atoms with Gasteiger partial charge in [-0.05, 0) is 13.8 Å². The van der Waals surface area contributed by atoms with Crippen LogP contribution in [-0.2, 0) is 21.8 Å². The Morgan fingerprint density at radius 2 is 1.43 bits per heavy atom. The molecule has 3 heteroatoms. The molecule has 0 rings (SSSR count). The van der Waals surface area contributed by atoms with E-state index in [1.807, 2.05) is 13.8 Å². The molecule has 0 heterocycles. The summed E-state index contributed by atoms with van der Waals surface area (Å²) in [5, 5.41) is 0. The molecular formula is C4H10CuLiO+2. The van der Waals surface area contributed by atoms with Crippen molar-refractivity contribution < 1.29 is 40.7 Å². The van der Waals surface area contributed by atoms with Crippen LogP contribution in [0.3, 0.4) is 0 Å². The average molecular weight is 145 g/mol. The van der Waals surface area contributed by atoms with Gasteiger partial charge in [0.2, 0.25) is 0 Å². The summed E-state index contributed by atoms with van der Waals surface area (Å²) >= 11 is 0. The van der Waals surface area contributed by atoms with E-state index in [0.29, 0.717) is 0 Å². The van der Waals surface area contributed by atoms with Gasteiger partial charge in [-0.1, -0.05) is 0 Å². The largest absolute Gasteiger partial charge is 1.00 e. The second-order valence-electron chi connectivity index (χ2n) is 0.781. The summed E-state index contributed by atoms with van der Waals surface area (Å²) in [5.41, 5.74) is 0. The molecule has 0 N–H and O–H groups in total. The van der Waals surface area contributed by atoms with E-state index in [0.717, 1.165) is 13.2 Å². The second-order valence-corrected chi connectivity index (χ2v) is 0.781. The Bertz CT molecular complexity index is 19.2. The summed E-state index contributed by atoms with van der Waals surface area (Å²) in [6, 6.07) is 0. The first-order valence-corrected chi connectivity index (χ1v) is 1.99. The Kier molecular flexibility index (Phi) is 35.3. The maximum absolute atomic E-state index is 4.83. The van der Waals surface area contributed by atoms with Gasteiger partial charge in [0.1, 0.15) is 0 Å². The molecule has 0 aliphatic heterocycles. The van der Waals surface area contributed by atoms with Crippen LogP contribution in [0, 0.1) is 0 Å². The number of rotatable bonds is 2. The van der Waals surface area contributed by atoms with E-state index >= 15 is 0 Å². The predicted molar refractivity (Wildman–Crippen MR) is 22.2 cm³/mol. The van der Waals surface area contributed by atoms with Crippen LogP contribution in [0.25, 0.3) is 0 Å². The SMILES string of the molecule is CCOCC.[Cu+].[Li+]. The third-order valence-corrected chi connectivity index (χ3v) is 0.408. The summed E-state index contributed by atoms with van der Waals surface area (Å²) in [6.07, 6.45) is 0. The maximum atomic E-state index is 4.83. The van der Waals surface area contributed by atoms with Crippen LogP contribution in [0.4, 0.5) is 0 Å². The molecule has 0 unspecified atom stereocenters. The molecule has 0 aromatic carbocycles. The first kappa shape index (κ1) is 15.7. The molecule has 0 saturated heterocycles. The van der Waals surface area contributed by atoms with Gasteiger partial charge < -0.3 is 4.74 Å². The van der Waals surface area contributed by atoms with E-state index in [-0.39, 0.29) is 35.9 Å². The number of ether oxygens (including phenoxy) is 1. The molecule has 0 aromatic rings. The Balaban J connectivity index is -0.0000000800. The Hall–Kier alpha value is 1.08. The fraction of sp³-hybridized carbons (Fsp3) is 1.00. The van der Waals surface area contributed by atoms with E-state index in [2.05, 4.69) is 0 Å². The summed E-state index contributed by atoms with van der Waals surface area (Å²) < 4.78 is 4.83. The Morgan fingerprint density at radius 3 is 1.43 bits per heavy atom. The quantitative estimate of drug-likeness (QED) is 0.410. The fourth-order valence-corrected chi connectivity index (χ4v) is 0.204. The van der Waals surface area contributed by atoms with E-state index in [1.165, 1.54) is 0 Å². The van der Waals surface area contributed by atoms with Gasteiger partial charge in [-0.25, -0.2) is 0 Å². The van der Waals surface area contributed by atoms with Gasteiger partial charge in [0.05, 0.1) is 0 Å². The minimum absolute atomic E-state index is 0. The van der Waals surface area contributed by atoms with Crippen molar-refractivity contribution in [2.24, 2.45) is 0 Å². The van der Waals surface area contributed by atoms with Crippen LogP contribution in [0.2, 0.25) is 0 Å². The molecule has 0 atom stereocenters. The van der Waals surface area contributed by atoms with Crippen molar-refractivity contribution in [3.63, 3.8) is 0 Å². The molecule has 0 radical (unpaired) electrons. The zero-order valence-electron chi connectivity index (χ0n) is 5.12. The Labute approximate surface area is 67.8 Å². The van der Waals surface area contributed by atoms with Gasteiger partial charge in [0, 0.05) is 13.2 Å². The molecule has 0 saturated carbocycles. The molecule has 0 aliphatic rings. The van der Waals surface area contributed by atoms with Crippen LogP contribution in [-0.4, -0.2) is 13.2 Å². The van der Waals surface area contributed by atoms with E-state index in [9.17, 15) is 0 Å². The van der Waals surface area contributed by atoms with Crippen LogP contribution in [0.5, 0.6) is 0 Å². The molecule has 0 bridgehead atoms. The molecule has 7 heavy (non-hydrogen) atoms. The van der Waals surface area contributed by atoms with Crippen molar-refractivity contribution in [1.82, 2.24) is 0 Å². The molecule has 42 valence electrons. The minimum atomic E-state index is 0. The van der Waals surface area contributed by atoms with Crippen LogP contribution in [0.15, 0.2) is 0 Å². The van der Waals surface area contributed by atoms with Crippen molar-refractivity contribution in [2.75, 3.05) is 13.2 Å². The number of hydrogen-bond donors (Lipinski definition) is 0. The molecule has 0 spiro atoms. The van der Waals surface area contributed by atoms with Gasteiger partial charge in [-0.3, -0.25) is 0 Å². The van der Waals surface area contributed by atoms with Crippen LogP contribution in [0.1, 0.15) is 13.8 Å². The third-order valence-electron chi connectivity index (χ3n) is 0.408. The van der Waals surface area contributed by atoms with Gasteiger partial charge in [-0.2, -0.15) is 0 Å². The molecule has 0 fully saturated rings. The zero-order valence-corrected chi connectivity index (χ0v) is 6.07. The third kappa shape index (κ3) is 19.3. The molecule has 1 nitrogen and oxygen atoms in total. The van der Waals surface area contributed by atoms with Gasteiger partial charge in [-0.15, -0.1) is 0 Å². The first-order chi connectivity index (χ1) is 2.41. The van der Waals surface area contributed by atoms with Gasteiger partial charge in [0.25, 0.3) is 0 Å². The van der Waals surface area contributed by atoms with Crippen molar-refractivity contribution in [3.05, 3.63) is 0 Å². The van der Waals surface area contributed by atoms with Gasteiger partial charge >= 0.3 is 35.9 Å². The summed E-state index contributed by atoms with van der Waals surface area (Å²) in [5.74, 6) is 0. The van der Waals surface area contributed by atoms with Gasteiger partial charge in [0.15, 0.2) is 0 Å². The molecule has 0 amide bonds. The fourth-order valence-electron chi connectivity index (χ4n) is 0.204. The number of hydrogen-bond acceptors (Lipinski definition) is 1. The van der Waals surface area contributed by atoms with Crippen molar-refractivity contribution in [2.45, 2.75) is 13.8 Å². The molecular weight excluding hydrogens is 135 g/mol. The van der Waals surface area contributed by atoms with E-state index in [1.54, 1.807) is 0 Å².